The van der Waals surface area contributed by atoms with Crippen LogP contribution in [0.3, 0.4) is 0 Å². The van der Waals surface area contributed by atoms with E-state index in [0.717, 1.165) is 50.6 Å². The smallest absolute Gasteiger partial charge is 0.243 e. The minimum atomic E-state index is -0.158. The van der Waals surface area contributed by atoms with E-state index in [4.69, 9.17) is 0 Å². The maximum atomic E-state index is 12.7. The van der Waals surface area contributed by atoms with Gasteiger partial charge in [0, 0.05) is 24.2 Å². The molecule has 2 aliphatic rings. The quantitative estimate of drug-likeness (QED) is 0.816. The third kappa shape index (κ3) is 4.69. The SMILES string of the molecule is CC(C(=O)Nc1ncc(C2CCNCC2)s1)N1CCc2ccccc2C1.Cl. The Bertz CT molecular complexity index is 775. The molecule has 1 amide bonds. The number of hydrogen-bond acceptors (Lipinski definition) is 5. The summed E-state index contributed by atoms with van der Waals surface area (Å²) in [5, 5.41) is 7.15. The van der Waals surface area contributed by atoms with Crippen LogP contribution in [0.25, 0.3) is 0 Å². The Labute approximate surface area is 171 Å². The van der Waals surface area contributed by atoms with Gasteiger partial charge in [-0.15, -0.1) is 23.7 Å². The van der Waals surface area contributed by atoms with Crippen molar-refractivity contribution >= 4 is 34.8 Å². The van der Waals surface area contributed by atoms with E-state index < -0.39 is 0 Å². The lowest BCUT2D eigenvalue weighted by Crippen LogP contribution is -2.44. The van der Waals surface area contributed by atoms with Crippen molar-refractivity contribution in [2.75, 3.05) is 25.0 Å². The van der Waals surface area contributed by atoms with Crippen LogP contribution in [0.15, 0.2) is 30.5 Å². The lowest BCUT2D eigenvalue weighted by Gasteiger charge is -2.32. The Hall–Kier alpha value is -1.47. The normalized spacial score (nSPS) is 19.0. The van der Waals surface area contributed by atoms with Gasteiger partial charge < -0.3 is 10.6 Å². The van der Waals surface area contributed by atoms with Crippen LogP contribution < -0.4 is 10.6 Å². The van der Waals surface area contributed by atoms with Crippen LogP contribution in [0, 0.1) is 0 Å². The molecule has 146 valence electrons. The highest BCUT2D eigenvalue weighted by Gasteiger charge is 2.26. The van der Waals surface area contributed by atoms with Crippen molar-refractivity contribution in [1.29, 1.82) is 0 Å². The van der Waals surface area contributed by atoms with Gasteiger partial charge in [-0.05, 0) is 56.3 Å². The van der Waals surface area contributed by atoms with Crippen molar-refractivity contribution in [3.8, 4) is 0 Å². The van der Waals surface area contributed by atoms with Crippen molar-refractivity contribution in [1.82, 2.24) is 15.2 Å². The van der Waals surface area contributed by atoms with E-state index in [-0.39, 0.29) is 24.4 Å². The summed E-state index contributed by atoms with van der Waals surface area (Å²) in [7, 11) is 0. The number of anilines is 1. The second-order valence-electron chi connectivity index (χ2n) is 7.25. The Morgan fingerprint density at radius 2 is 2.04 bits per heavy atom. The van der Waals surface area contributed by atoms with Crippen LogP contribution in [0.2, 0.25) is 0 Å². The van der Waals surface area contributed by atoms with E-state index in [2.05, 4.69) is 44.8 Å². The van der Waals surface area contributed by atoms with Gasteiger partial charge in [0.15, 0.2) is 5.13 Å². The van der Waals surface area contributed by atoms with Crippen LogP contribution >= 0.6 is 23.7 Å². The number of amides is 1. The zero-order valence-corrected chi connectivity index (χ0v) is 17.2. The second-order valence-corrected chi connectivity index (χ2v) is 8.31. The molecule has 1 aromatic carbocycles. The lowest BCUT2D eigenvalue weighted by molar-refractivity contribution is -0.121. The monoisotopic (exact) mass is 406 g/mol. The topological polar surface area (TPSA) is 57.3 Å². The van der Waals surface area contributed by atoms with E-state index in [1.165, 1.54) is 16.0 Å². The van der Waals surface area contributed by atoms with Gasteiger partial charge in [-0.3, -0.25) is 9.69 Å². The number of fused-ring (bicyclic) bond motifs is 1. The number of rotatable bonds is 4. The Morgan fingerprint density at radius 3 is 2.81 bits per heavy atom. The van der Waals surface area contributed by atoms with Gasteiger partial charge in [-0.25, -0.2) is 4.98 Å². The molecule has 4 rings (SSSR count). The summed E-state index contributed by atoms with van der Waals surface area (Å²) in [6.07, 6.45) is 5.25. The molecule has 3 heterocycles. The van der Waals surface area contributed by atoms with Crippen molar-refractivity contribution < 1.29 is 4.79 Å². The zero-order valence-electron chi connectivity index (χ0n) is 15.6. The maximum Gasteiger partial charge on any atom is 0.243 e. The molecule has 0 aliphatic carbocycles. The molecule has 0 radical (unpaired) electrons. The number of nitrogens with one attached hydrogen (secondary N) is 2. The molecule has 1 saturated heterocycles. The summed E-state index contributed by atoms with van der Waals surface area (Å²) < 4.78 is 0. The van der Waals surface area contributed by atoms with E-state index >= 15 is 0 Å². The Kier molecular flexibility index (Phi) is 6.87. The van der Waals surface area contributed by atoms with Gasteiger partial charge in [0.2, 0.25) is 5.91 Å². The first-order valence-corrected chi connectivity index (χ1v) is 10.3. The number of halogens is 1. The highest BCUT2D eigenvalue weighted by Crippen LogP contribution is 2.32. The van der Waals surface area contributed by atoms with Crippen molar-refractivity contribution in [3.05, 3.63) is 46.5 Å². The fourth-order valence-electron chi connectivity index (χ4n) is 3.86. The highest BCUT2D eigenvalue weighted by atomic mass is 35.5. The Morgan fingerprint density at radius 1 is 1.30 bits per heavy atom. The number of benzene rings is 1. The number of carbonyl (C=O) groups is 1. The predicted octanol–water partition coefficient (Wildman–Crippen LogP) is 3.42. The van der Waals surface area contributed by atoms with Crippen molar-refractivity contribution in [2.24, 2.45) is 0 Å². The number of piperidine rings is 1. The minimum absolute atomic E-state index is 0. The fraction of sp³-hybridized carbons (Fsp3) is 0.500. The molecular weight excluding hydrogens is 380 g/mol. The molecule has 1 atom stereocenters. The largest absolute Gasteiger partial charge is 0.317 e. The molecule has 0 saturated carbocycles. The molecule has 7 heteroatoms. The van der Waals surface area contributed by atoms with Gasteiger partial charge in [-0.2, -0.15) is 0 Å². The molecule has 0 spiro atoms. The van der Waals surface area contributed by atoms with E-state index in [1.807, 2.05) is 13.1 Å². The molecule has 1 unspecified atom stereocenters. The molecule has 2 N–H and O–H groups in total. The van der Waals surface area contributed by atoms with Gasteiger partial charge in [-0.1, -0.05) is 24.3 Å². The van der Waals surface area contributed by atoms with Crippen LogP contribution in [0.4, 0.5) is 5.13 Å². The van der Waals surface area contributed by atoms with Crippen molar-refractivity contribution in [3.63, 3.8) is 0 Å². The van der Waals surface area contributed by atoms with E-state index in [0.29, 0.717) is 5.92 Å². The molecular formula is C20H27ClN4OS. The van der Waals surface area contributed by atoms with Crippen LogP contribution in [-0.2, 0) is 17.8 Å². The number of nitrogens with zero attached hydrogens (tertiary/aromatic N) is 2. The molecule has 1 fully saturated rings. The standard InChI is InChI=1S/C20H26N4OS.ClH/c1-14(24-11-8-15-4-2-3-5-17(15)13-24)19(25)23-20-22-12-18(26-20)16-6-9-21-10-7-16;/h2-5,12,14,16,21H,6-11,13H2,1H3,(H,22,23,25);1H. The summed E-state index contributed by atoms with van der Waals surface area (Å²) in [4.78, 5) is 20.7. The average Bonchev–Trinajstić information content (AvgIpc) is 3.16. The fourth-order valence-corrected chi connectivity index (χ4v) is 4.85. The summed E-state index contributed by atoms with van der Waals surface area (Å²) in [6, 6.07) is 8.36. The first-order valence-electron chi connectivity index (χ1n) is 9.49. The summed E-state index contributed by atoms with van der Waals surface area (Å²) in [5.74, 6) is 0.617. The summed E-state index contributed by atoms with van der Waals surface area (Å²) >= 11 is 1.63. The molecule has 27 heavy (non-hydrogen) atoms. The van der Waals surface area contributed by atoms with E-state index in [9.17, 15) is 4.79 Å². The number of hydrogen-bond donors (Lipinski definition) is 2. The Balaban J connectivity index is 0.00000210. The molecule has 1 aromatic heterocycles. The average molecular weight is 407 g/mol. The van der Waals surface area contributed by atoms with Gasteiger partial charge in [0.25, 0.3) is 0 Å². The number of aromatic nitrogens is 1. The first-order chi connectivity index (χ1) is 12.7. The summed E-state index contributed by atoms with van der Waals surface area (Å²) in [5.41, 5.74) is 2.74. The summed E-state index contributed by atoms with van der Waals surface area (Å²) in [6.45, 7) is 5.88. The van der Waals surface area contributed by atoms with Gasteiger partial charge in [0.05, 0.1) is 6.04 Å². The van der Waals surface area contributed by atoms with Crippen LogP contribution in [-0.4, -0.2) is 41.5 Å². The first kappa shape index (κ1) is 20.3. The van der Waals surface area contributed by atoms with E-state index in [1.54, 1.807) is 11.3 Å². The highest BCUT2D eigenvalue weighted by molar-refractivity contribution is 7.15. The third-order valence-electron chi connectivity index (χ3n) is 5.58. The maximum absolute atomic E-state index is 12.7. The predicted molar refractivity (Wildman–Crippen MR) is 113 cm³/mol. The van der Waals surface area contributed by atoms with Crippen LogP contribution in [0.1, 0.15) is 41.7 Å². The molecule has 2 aliphatic heterocycles. The number of carbonyl (C=O) groups excluding carboxylic acids is 1. The van der Waals surface area contributed by atoms with Gasteiger partial charge in [0.1, 0.15) is 0 Å². The van der Waals surface area contributed by atoms with Crippen molar-refractivity contribution in [2.45, 2.75) is 44.7 Å². The van der Waals surface area contributed by atoms with Crippen LogP contribution in [0.5, 0.6) is 0 Å². The number of thiazole rings is 1. The zero-order chi connectivity index (χ0) is 17.9. The third-order valence-corrected chi connectivity index (χ3v) is 6.66. The molecule has 0 bridgehead atoms. The molecule has 5 nitrogen and oxygen atoms in total. The van der Waals surface area contributed by atoms with Gasteiger partial charge >= 0.3 is 0 Å². The lowest BCUT2D eigenvalue weighted by atomic mass is 9.97. The second kappa shape index (κ2) is 9.15. The molecule has 2 aromatic rings. The minimum Gasteiger partial charge on any atom is -0.317 e.